The van der Waals surface area contributed by atoms with Gasteiger partial charge in [0, 0.05) is 12.2 Å². The highest BCUT2D eigenvalue weighted by Gasteiger charge is 2.17. The van der Waals surface area contributed by atoms with Crippen LogP contribution < -0.4 is 0 Å². The summed E-state index contributed by atoms with van der Waals surface area (Å²) in [6, 6.07) is 2.62. The molecule has 1 aromatic heterocycles. The molecule has 0 fully saturated rings. The Morgan fingerprint density at radius 2 is 2.23 bits per heavy atom. The van der Waals surface area contributed by atoms with E-state index in [-0.39, 0.29) is 0 Å². The highest BCUT2D eigenvalue weighted by Crippen LogP contribution is 2.33. The van der Waals surface area contributed by atoms with Crippen LogP contribution in [-0.2, 0) is 0 Å². The molecule has 0 atom stereocenters. The first-order chi connectivity index (χ1) is 6.20. The van der Waals surface area contributed by atoms with Gasteiger partial charge in [-0.05, 0) is 36.9 Å². The monoisotopic (exact) mass is 191 g/mol. The lowest BCUT2D eigenvalue weighted by molar-refractivity contribution is 0.439. The number of thiophene rings is 1. The second-order valence-corrected chi connectivity index (χ2v) is 4.38. The van der Waals surface area contributed by atoms with E-state index in [9.17, 15) is 0 Å². The number of fused-ring (bicyclic) bond motifs is 1. The van der Waals surface area contributed by atoms with Gasteiger partial charge in [-0.2, -0.15) is 0 Å². The van der Waals surface area contributed by atoms with Crippen LogP contribution in [0.4, 0.5) is 0 Å². The van der Waals surface area contributed by atoms with Crippen molar-refractivity contribution in [1.82, 2.24) is 4.90 Å². The largest absolute Gasteiger partial charge is 0.345 e. The molecule has 0 bridgehead atoms. The highest BCUT2D eigenvalue weighted by atomic mass is 32.1. The van der Waals surface area contributed by atoms with Crippen LogP contribution in [0, 0.1) is 0 Å². The molecule has 0 saturated heterocycles. The molecule has 0 unspecified atom stereocenters. The summed E-state index contributed by atoms with van der Waals surface area (Å²) in [6.45, 7) is 8.46. The van der Waals surface area contributed by atoms with E-state index in [1.165, 1.54) is 10.4 Å². The van der Waals surface area contributed by atoms with Crippen molar-refractivity contribution < 1.29 is 0 Å². The highest BCUT2D eigenvalue weighted by molar-refractivity contribution is 7.11. The molecular formula is C11H13NS. The first-order valence-corrected chi connectivity index (χ1v) is 5.31. The molecule has 2 rings (SSSR count). The molecule has 0 saturated carbocycles. The average molecular weight is 191 g/mol. The Morgan fingerprint density at radius 1 is 1.46 bits per heavy atom. The maximum absolute atomic E-state index is 4.12. The van der Waals surface area contributed by atoms with E-state index in [1.54, 1.807) is 11.3 Å². The topological polar surface area (TPSA) is 3.24 Å². The number of hydrogen-bond donors (Lipinski definition) is 0. The fourth-order valence-corrected chi connectivity index (χ4v) is 2.40. The average Bonchev–Trinajstić information content (AvgIpc) is 2.52. The second kappa shape index (κ2) is 3.04. The summed E-state index contributed by atoms with van der Waals surface area (Å²) in [5, 5.41) is 2.12. The Hall–Kier alpha value is -1.02. The van der Waals surface area contributed by atoms with Crippen molar-refractivity contribution in [2.75, 3.05) is 0 Å². The van der Waals surface area contributed by atoms with Crippen molar-refractivity contribution in [2.45, 2.75) is 19.9 Å². The van der Waals surface area contributed by atoms with Gasteiger partial charge in [-0.15, -0.1) is 11.3 Å². The lowest BCUT2D eigenvalue weighted by Gasteiger charge is -2.29. The predicted molar refractivity (Wildman–Crippen MR) is 59.4 cm³/mol. The lowest BCUT2D eigenvalue weighted by Crippen LogP contribution is -2.24. The molecule has 0 aromatic carbocycles. The molecule has 0 amide bonds. The van der Waals surface area contributed by atoms with Gasteiger partial charge in [0.25, 0.3) is 0 Å². The third kappa shape index (κ3) is 1.31. The molecular weight excluding hydrogens is 178 g/mol. The van der Waals surface area contributed by atoms with Crippen molar-refractivity contribution in [2.24, 2.45) is 0 Å². The van der Waals surface area contributed by atoms with E-state index in [4.69, 9.17) is 0 Å². The van der Waals surface area contributed by atoms with Crippen LogP contribution in [0.5, 0.6) is 0 Å². The normalized spacial score (nSPS) is 15.3. The van der Waals surface area contributed by atoms with Crippen molar-refractivity contribution in [3.05, 3.63) is 34.7 Å². The van der Waals surface area contributed by atoms with Crippen molar-refractivity contribution >= 4 is 23.1 Å². The maximum Gasteiger partial charge on any atom is 0.0574 e. The number of hydrogen-bond acceptors (Lipinski definition) is 2. The molecule has 0 N–H and O–H groups in total. The van der Waals surface area contributed by atoms with Crippen LogP contribution in [0.2, 0.25) is 0 Å². The molecule has 2 heterocycles. The number of rotatable bonds is 1. The third-order valence-electron chi connectivity index (χ3n) is 2.24. The quantitative estimate of drug-likeness (QED) is 0.657. The minimum absolute atomic E-state index is 0.485. The Bertz CT molecular complexity index is 360. The van der Waals surface area contributed by atoms with Gasteiger partial charge in [0.1, 0.15) is 0 Å². The van der Waals surface area contributed by atoms with Crippen LogP contribution in [-0.4, -0.2) is 10.9 Å². The van der Waals surface area contributed by atoms with Crippen LogP contribution in [0.25, 0.3) is 11.8 Å². The van der Waals surface area contributed by atoms with Gasteiger partial charge in [0.15, 0.2) is 0 Å². The zero-order valence-electron chi connectivity index (χ0n) is 7.95. The summed E-state index contributed by atoms with van der Waals surface area (Å²) in [5.41, 5.74) is 2.43. The van der Waals surface area contributed by atoms with Crippen molar-refractivity contribution in [3.8, 4) is 0 Å². The van der Waals surface area contributed by atoms with Gasteiger partial charge in [0.05, 0.1) is 10.6 Å². The van der Waals surface area contributed by atoms with Crippen LogP contribution in [0.3, 0.4) is 0 Å². The van der Waals surface area contributed by atoms with E-state index in [2.05, 4.69) is 49.0 Å². The first-order valence-electron chi connectivity index (χ1n) is 4.43. The minimum Gasteiger partial charge on any atom is -0.345 e. The smallest absolute Gasteiger partial charge is 0.0574 e. The summed E-state index contributed by atoms with van der Waals surface area (Å²) in [5.74, 6) is 0. The Kier molecular flexibility index (Phi) is 2.00. The predicted octanol–water partition coefficient (Wildman–Crippen LogP) is 3.41. The molecule has 1 aromatic rings. The SMILES string of the molecule is C=C1c2sccc2C=CN1C(C)C. The molecule has 1 aliphatic rings. The fraction of sp³-hybridized carbons (Fsp3) is 0.273. The summed E-state index contributed by atoms with van der Waals surface area (Å²) >= 11 is 1.76. The molecule has 2 heteroatoms. The molecule has 0 aliphatic carbocycles. The summed E-state index contributed by atoms with van der Waals surface area (Å²) < 4.78 is 0. The summed E-state index contributed by atoms with van der Waals surface area (Å²) in [6.07, 6.45) is 4.27. The Balaban J connectivity index is 2.41. The van der Waals surface area contributed by atoms with Crippen molar-refractivity contribution in [3.63, 3.8) is 0 Å². The third-order valence-corrected chi connectivity index (χ3v) is 3.22. The first kappa shape index (κ1) is 8.57. The molecule has 68 valence electrons. The minimum atomic E-state index is 0.485. The maximum atomic E-state index is 4.12. The van der Waals surface area contributed by atoms with E-state index in [1.807, 2.05) is 0 Å². The van der Waals surface area contributed by atoms with E-state index >= 15 is 0 Å². The van der Waals surface area contributed by atoms with Crippen LogP contribution in [0.1, 0.15) is 24.3 Å². The van der Waals surface area contributed by atoms with Crippen LogP contribution >= 0.6 is 11.3 Å². The van der Waals surface area contributed by atoms with Gasteiger partial charge >= 0.3 is 0 Å². The zero-order valence-corrected chi connectivity index (χ0v) is 8.77. The van der Waals surface area contributed by atoms with Crippen LogP contribution in [0.15, 0.2) is 24.2 Å². The molecule has 0 spiro atoms. The molecule has 13 heavy (non-hydrogen) atoms. The molecule has 1 nitrogen and oxygen atoms in total. The zero-order chi connectivity index (χ0) is 9.42. The standard InChI is InChI=1S/C11H13NS/c1-8(2)12-6-4-10-5-7-13-11(10)9(12)3/h4-8H,3H2,1-2H3. The Morgan fingerprint density at radius 3 is 2.92 bits per heavy atom. The van der Waals surface area contributed by atoms with Crippen molar-refractivity contribution in [1.29, 1.82) is 0 Å². The van der Waals surface area contributed by atoms with E-state index < -0.39 is 0 Å². The lowest BCUT2D eigenvalue weighted by atomic mass is 10.1. The number of nitrogens with zero attached hydrogens (tertiary/aromatic N) is 1. The van der Waals surface area contributed by atoms with Gasteiger partial charge in [-0.1, -0.05) is 6.58 Å². The van der Waals surface area contributed by atoms with Gasteiger partial charge < -0.3 is 4.90 Å². The summed E-state index contributed by atoms with van der Waals surface area (Å²) in [4.78, 5) is 3.51. The second-order valence-electron chi connectivity index (χ2n) is 3.47. The molecule has 1 aliphatic heterocycles. The van der Waals surface area contributed by atoms with E-state index in [0.29, 0.717) is 6.04 Å². The Labute approximate surface area is 83.0 Å². The summed E-state index contributed by atoms with van der Waals surface area (Å²) in [7, 11) is 0. The fourth-order valence-electron chi connectivity index (χ4n) is 1.54. The van der Waals surface area contributed by atoms with Gasteiger partial charge in [-0.3, -0.25) is 0 Å². The van der Waals surface area contributed by atoms with Gasteiger partial charge in [-0.25, -0.2) is 0 Å². The van der Waals surface area contributed by atoms with E-state index in [0.717, 1.165) is 5.70 Å². The molecule has 0 radical (unpaired) electrons. The van der Waals surface area contributed by atoms with Gasteiger partial charge in [0.2, 0.25) is 0 Å².